The van der Waals surface area contributed by atoms with E-state index in [9.17, 15) is 14.0 Å². The van der Waals surface area contributed by atoms with Crippen LogP contribution in [0, 0.1) is 5.82 Å². The van der Waals surface area contributed by atoms with Gasteiger partial charge in [-0.2, -0.15) is 0 Å². The van der Waals surface area contributed by atoms with Gasteiger partial charge in [-0.25, -0.2) is 4.39 Å². The first-order valence-electron chi connectivity index (χ1n) is 5.95. The van der Waals surface area contributed by atoms with Gasteiger partial charge < -0.3 is 15.7 Å². The van der Waals surface area contributed by atoms with E-state index in [4.69, 9.17) is 10.8 Å². The Balaban J connectivity index is 3.02. The molecule has 0 bridgehead atoms. The number of para-hydroxylation sites is 1. The quantitative estimate of drug-likeness (QED) is 0.797. The Morgan fingerprint density at radius 2 is 2.11 bits per heavy atom. The Kier molecular flexibility index (Phi) is 4.86. The van der Waals surface area contributed by atoms with E-state index in [1.807, 2.05) is 0 Å². The van der Waals surface area contributed by atoms with Crippen molar-refractivity contribution < 1.29 is 19.1 Å². The lowest BCUT2D eigenvalue weighted by molar-refractivity contribution is -0.138. The highest BCUT2D eigenvalue weighted by Gasteiger charge is 2.24. The van der Waals surface area contributed by atoms with Crippen LogP contribution in [0.5, 0.6) is 0 Å². The third-order valence-corrected chi connectivity index (χ3v) is 2.89. The number of carboxylic acid groups (broad SMARTS) is 1. The lowest BCUT2D eigenvalue weighted by atomic mass is 10.1. The number of carboxylic acids is 1. The van der Waals surface area contributed by atoms with Gasteiger partial charge in [0.2, 0.25) is 0 Å². The van der Waals surface area contributed by atoms with Crippen LogP contribution < -0.4 is 5.73 Å². The SMILES string of the molecule is CCN(C(=O)c1cccc(F)c1N)C(C)CC(=O)O. The fourth-order valence-corrected chi connectivity index (χ4v) is 1.90. The number of nitrogen functional groups attached to an aromatic ring is 1. The molecule has 0 fully saturated rings. The van der Waals surface area contributed by atoms with Crippen LogP contribution in [0.3, 0.4) is 0 Å². The molecule has 1 atom stereocenters. The Morgan fingerprint density at radius 3 is 2.63 bits per heavy atom. The molecule has 19 heavy (non-hydrogen) atoms. The summed E-state index contributed by atoms with van der Waals surface area (Å²) in [5.41, 5.74) is 5.38. The Bertz CT molecular complexity index is 491. The number of hydrogen-bond acceptors (Lipinski definition) is 3. The van der Waals surface area contributed by atoms with E-state index in [0.29, 0.717) is 6.54 Å². The van der Waals surface area contributed by atoms with Crippen LogP contribution in [-0.2, 0) is 4.79 Å². The van der Waals surface area contributed by atoms with E-state index >= 15 is 0 Å². The molecule has 104 valence electrons. The summed E-state index contributed by atoms with van der Waals surface area (Å²) >= 11 is 0. The first-order valence-corrected chi connectivity index (χ1v) is 5.95. The molecule has 1 aromatic rings. The maximum absolute atomic E-state index is 13.3. The van der Waals surface area contributed by atoms with Gasteiger partial charge in [0.1, 0.15) is 5.82 Å². The normalized spacial score (nSPS) is 11.9. The number of nitrogens with two attached hydrogens (primary N) is 1. The molecule has 0 radical (unpaired) electrons. The average molecular weight is 268 g/mol. The molecule has 5 nitrogen and oxygen atoms in total. The average Bonchev–Trinajstić information content (AvgIpc) is 2.32. The largest absolute Gasteiger partial charge is 0.481 e. The number of amides is 1. The number of carbonyl (C=O) groups excluding carboxylic acids is 1. The molecule has 6 heteroatoms. The predicted molar refractivity (Wildman–Crippen MR) is 69.2 cm³/mol. The molecule has 0 saturated heterocycles. The molecule has 0 heterocycles. The second kappa shape index (κ2) is 6.17. The van der Waals surface area contributed by atoms with Crippen molar-refractivity contribution in [2.45, 2.75) is 26.3 Å². The summed E-state index contributed by atoms with van der Waals surface area (Å²) in [4.78, 5) is 24.3. The number of benzene rings is 1. The van der Waals surface area contributed by atoms with Crippen LogP contribution in [0.15, 0.2) is 18.2 Å². The topological polar surface area (TPSA) is 83.6 Å². The third-order valence-electron chi connectivity index (χ3n) is 2.89. The molecule has 0 aliphatic heterocycles. The number of aliphatic carboxylic acids is 1. The lowest BCUT2D eigenvalue weighted by Gasteiger charge is -2.27. The van der Waals surface area contributed by atoms with E-state index in [0.717, 1.165) is 0 Å². The first-order chi connectivity index (χ1) is 8.88. The molecular formula is C13H17FN2O3. The summed E-state index contributed by atoms with van der Waals surface area (Å²) in [5.74, 6) is -2.12. The molecule has 1 unspecified atom stereocenters. The van der Waals surface area contributed by atoms with Crippen molar-refractivity contribution in [2.75, 3.05) is 12.3 Å². The van der Waals surface area contributed by atoms with Gasteiger partial charge in [-0.05, 0) is 26.0 Å². The number of nitrogens with zero attached hydrogens (tertiary/aromatic N) is 1. The van der Waals surface area contributed by atoms with Gasteiger partial charge >= 0.3 is 5.97 Å². The van der Waals surface area contributed by atoms with Crippen LogP contribution in [-0.4, -0.2) is 34.5 Å². The monoisotopic (exact) mass is 268 g/mol. The van der Waals surface area contributed by atoms with Gasteiger partial charge in [0.05, 0.1) is 17.7 Å². The van der Waals surface area contributed by atoms with Crippen LogP contribution in [0.1, 0.15) is 30.6 Å². The second-order valence-electron chi connectivity index (χ2n) is 4.24. The molecule has 0 aromatic heterocycles. The molecule has 1 aromatic carbocycles. The summed E-state index contributed by atoms with van der Waals surface area (Å²) in [5, 5.41) is 8.76. The summed E-state index contributed by atoms with van der Waals surface area (Å²) in [6, 6.07) is 3.51. The minimum Gasteiger partial charge on any atom is -0.481 e. The minimum absolute atomic E-state index is 0.0547. The maximum atomic E-state index is 13.3. The molecule has 0 saturated carbocycles. The lowest BCUT2D eigenvalue weighted by Crippen LogP contribution is -2.40. The van der Waals surface area contributed by atoms with E-state index in [1.165, 1.54) is 23.1 Å². The van der Waals surface area contributed by atoms with Crippen molar-refractivity contribution in [1.29, 1.82) is 0 Å². The number of carbonyl (C=O) groups is 2. The smallest absolute Gasteiger partial charge is 0.305 e. The van der Waals surface area contributed by atoms with Crippen molar-refractivity contribution in [3.8, 4) is 0 Å². The minimum atomic E-state index is -0.994. The fraction of sp³-hybridized carbons (Fsp3) is 0.385. The third kappa shape index (κ3) is 3.43. The Hall–Kier alpha value is -2.11. The molecule has 3 N–H and O–H groups in total. The van der Waals surface area contributed by atoms with Crippen LogP contribution in [0.2, 0.25) is 0 Å². The Labute approximate surface area is 110 Å². The molecular weight excluding hydrogens is 251 g/mol. The molecule has 0 aliphatic rings. The molecule has 0 spiro atoms. The highest BCUT2D eigenvalue weighted by atomic mass is 19.1. The molecule has 1 amide bonds. The summed E-state index contributed by atoms with van der Waals surface area (Å²) in [6.45, 7) is 3.68. The number of rotatable bonds is 5. The van der Waals surface area contributed by atoms with Crippen molar-refractivity contribution in [3.63, 3.8) is 0 Å². The van der Waals surface area contributed by atoms with Crippen LogP contribution in [0.25, 0.3) is 0 Å². The fourth-order valence-electron chi connectivity index (χ4n) is 1.90. The van der Waals surface area contributed by atoms with Gasteiger partial charge in [-0.1, -0.05) is 6.07 Å². The highest BCUT2D eigenvalue weighted by molar-refractivity contribution is 5.99. The zero-order valence-corrected chi connectivity index (χ0v) is 10.9. The van der Waals surface area contributed by atoms with Gasteiger partial charge in [0, 0.05) is 12.6 Å². The van der Waals surface area contributed by atoms with Gasteiger partial charge in [0.15, 0.2) is 0 Å². The van der Waals surface area contributed by atoms with Gasteiger partial charge in [-0.15, -0.1) is 0 Å². The van der Waals surface area contributed by atoms with E-state index < -0.39 is 23.7 Å². The molecule has 1 rings (SSSR count). The highest BCUT2D eigenvalue weighted by Crippen LogP contribution is 2.19. The second-order valence-corrected chi connectivity index (χ2v) is 4.24. The van der Waals surface area contributed by atoms with Crippen molar-refractivity contribution >= 4 is 17.6 Å². The number of halogens is 1. The summed E-state index contributed by atoms with van der Waals surface area (Å²) in [6.07, 6.45) is -0.172. The zero-order chi connectivity index (χ0) is 14.6. The van der Waals surface area contributed by atoms with E-state index in [2.05, 4.69) is 0 Å². The first kappa shape index (κ1) is 14.9. The van der Waals surface area contributed by atoms with Gasteiger partial charge in [-0.3, -0.25) is 9.59 Å². The predicted octanol–water partition coefficient (Wildman–Crippen LogP) is 1.73. The molecule has 0 aliphatic carbocycles. The summed E-state index contributed by atoms with van der Waals surface area (Å²) < 4.78 is 13.3. The van der Waals surface area contributed by atoms with E-state index in [1.54, 1.807) is 13.8 Å². The summed E-state index contributed by atoms with van der Waals surface area (Å²) in [7, 11) is 0. The number of anilines is 1. The van der Waals surface area contributed by atoms with Crippen molar-refractivity contribution in [3.05, 3.63) is 29.6 Å². The zero-order valence-electron chi connectivity index (χ0n) is 10.9. The van der Waals surface area contributed by atoms with E-state index in [-0.39, 0.29) is 17.7 Å². The van der Waals surface area contributed by atoms with Crippen LogP contribution in [0.4, 0.5) is 10.1 Å². The standard InChI is InChI=1S/C13H17FN2O3/c1-3-16(8(2)7-11(17)18)13(19)9-5-4-6-10(14)12(9)15/h4-6,8H,3,7,15H2,1-2H3,(H,17,18). The maximum Gasteiger partial charge on any atom is 0.305 e. The van der Waals surface area contributed by atoms with Crippen molar-refractivity contribution in [1.82, 2.24) is 4.90 Å². The van der Waals surface area contributed by atoms with Crippen molar-refractivity contribution in [2.24, 2.45) is 0 Å². The Morgan fingerprint density at radius 1 is 1.47 bits per heavy atom. The van der Waals surface area contributed by atoms with Gasteiger partial charge in [0.25, 0.3) is 5.91 Å². The number of hydrogen-bond donors (Lipinski definition) is 2. The van der Waals surface area contributed by atoms with Crippen LogP contribution >= 0.6 is 0 Å².